The Kier molecular flexibility index (Phi) is 5.42. The Labute approximate surface area is 151 Å². The SMILES string of the molecule is CCOC(=O)C1CSC(c2cn(CC(C)C)c3ccc(Cl)cc23)N1. The second-order valence-electron chi connectivity index (χ2n) is 6.48. The Balaban J connectivity index is 1.92. The van der Waals surface area contributed by atoms with Crippen LogP contribution in [0.4, 0.5) is 0 Å². The first-order chi connectivity index (χ1) is 11.5. The molecule has 24 heavy (non-hydrogen) atoms. The zero-order chi connectivity index (χ0) is 17.3. The van der Waals surface area contributed by atoms with Crippen LogP contribution in [0.1, 0.15) is 31.7 Å². The van der Waals surface area contributed by atoms with E-state index < -0.39 is 0 Å². The van der Waals surface area contributed by atoms with Crippen LogP contribution in [0.15, 0.2) is 24.4 Å². The minimum Gasteiger partial charge on any atom is -0.465 e. The molecule has 1 N–H and O–H groups in total. The smallest absolute Gasteiger partial charge is 0.324 e. The van der Waals surface area contributed by atoms with Crippen LogP contribution in [0.3, 0.4) is 0 Å². The number of esters is 1. The Morgan fingerprint density at radius 1 is 1.50 bits per heavy atom. The molecule has 2 aromatic rings. The molecule has 0 spiro atoms. The lowest BCUT2D eigenvalue weighted by Gasteiger charge is -2.12. The van der Waals surface area contributed by atoms with Gasteiger partial charge in [0.05, 0.1) is 12.0 Å². The fourth-order valence-corrected chi connectivity index (χ4v) is 4.50. The van der Waals surface area contributed by atoms with Crippen molar-refractivity contribution in [3.8, 4) is 0 Å². The number of hydrogen-bond donors (Lipinski definition) is 1. The molecule has 0 radical (unpaired) electrons. The molecule has 2 atom stereocenters. The number of ether oxygens (including phenoxy) is 1. The highest BCUT2D eigenvalue weighted by Crippen LogP contribution is 2.38. The zero-order valence-corrected chi connectivity index (χ0v) is 15.8. The average molecular weight is 367 g/mol. The van der Waals surface area contributed by atoms with Crippen LogP contribution in [0, 0.1) is 5.92 Å². The molecule has 1 aliphatic heterocycles. The number of halogens is 1. The van der Waals surface area contributed by atoms with Crippen LogP contribution < -0.4 is 5.32 Å². The molecule has 4 nitrogen and oxygen atoms in total. The van der Waals surface area contributed by atoms with Crippen LogP contribution in [-0.4, -0.2) is 28.9 Å². The second-order valence-corrected chi connectivity index (χ2v) is 8.05. The van der Waals surface area contributed by atoms with E-state index in [1.807, 2.05) is 19.1 Å². The van der Waals surface area contributed by atoms with Gasteiger partial charge in [-0.2, -0.15) is 0 Å². The minimum absolute atomic E-state index is 0.0776. The van der Waals surface area contributed by atoms with Crippen LogP contribution >= 0.6 is 23.4 Å². The van der Waals surface area contributed by atoms with Crippen molar-refractivity contribution in [1.29, 1.82) is 0 Å². The molecule has 0 bridgehead atoms. The molecular formula is C18H23ClN2O2S. The summed E-state index contributed by atoms with van der Waals surface area (Å²) in [4.78, 5) is 12.0. The van der Waals surface area contributed by atoms with Gasteiger partial charge in [0.15, 0.2) is 0 Å². The van der Waals surface area contributed by atoms with Gasteiger partial charge in [-0.25, -0.2) is 0 Å². The number of thioether (sulfide) groups is 1. The van der Waals surface area contributed by atoms with E-state index in [0.29, 0.717) is 12.5 Å². The van der Waals surface area contributed by atoms with Crippen molar-refractivity contribution in [3.05, 3.63) is 35.0 Å². The summed E-state index contributed by atoms with van der Waals surface area (Å²) in [6.45, 7) is 7.62. The number of aromatic nitrogens is 1. The molecule has 0 aliphatic carbocycles. The normalized spacial score (nSPS) is 20.9. The Morgan fingerprint density at radius 3 is 3.00 bits per heavy atom. The number of hydrogen-bond acceptors (Lipinski definition) is 4. The van der Waals surface area contributed by atoms with Gasteiger partial charge in [0.1, 0.15) is 6.04 Å². The van der Waals surface area contributed by atoms with E-state index in [9.17, 15) is 4.79 Å². The highest BCUT2D eigenvalue weighted by atomic mass is 35.5. The monoisotopic (exact) mass is 366 g/mol. The lowest BCUT2D eigenvalue weighted by Crippen LogP contribution is -2.35. The fourth-order valence-electron chi connectivity index (χ4n) is 3.08. The van der Waals surface area contributed by atoms with E-state index in [0.717, 1.165) is 22.7 Å². The van der Waals surface area contributed by atoms with Crippen LogP contribution in [0.2, 0.25) is 5.02 Å². The third-order valence-corrected chi connectivity index (χ3v) is 5.56. The summed E-state index contributed by atoms with van der Waals surface area (Å²) in [6.07, 6.45) is 2.19. The topological polar surface area (TPSA) is 43.3 Å². The third kappa shape index (κ3) is 3.58. The van der Waals surface area contributed by atoms with E-state index >= 15 is 0 Å². The molecule has 1 aliphatic rings. The van der Waals surface area contributed by atoms with Gasteiger partial charge in [0.2, 0.25) is 0 Å². The molecular weight excluding hydrogens is 344 g/mol. The van der Waals surface area contributed by atoms with Crippen LogP contribution in [-0.2, 0) is 16.1 Å². The molecule has 1 aromatic heterocycles. The molecule has 0 amide bonds. The highest BCUT2D eigenvalue weighted by molar-refractivity contribution is 7.99. The molecule has 2 heterocycles. The zero-order valence-electron chi connectivity index (χ0n) is 14.2. The van der Waals surface area contributed by atoms with Gasteiger partial charge >= 0.3 is 5.97 Å². The first-order valence-electron chi connectivity index (χ1n) is 8.32. The summed E-state index contributed by atoms with van der Waals surface area (Å²) in [6, 6.07) is 5.78. The Hall–Kier alpha value is -1.17. The molecule has 1 saturated heterocycles. The molecule has 1 fully saturated rings. The maximum Gasteiger partial charge on any atom is 0.324 e. The third-order valence-electron chi connectivity index (χ3n) is 4.07. The van der Waals surface area contributed by atoms with Crippen molar-refractivity contribution in [3.63, 3.8) is 0 Å². The fraction of sp³-hybridized carbons (Fsp3) is 0.500. The van der Waals surface area contributed by atoms with Gasteiger partial charge in [-0.05, 0) is 31.0 Å². The van der Waals surface area contributed by atoms with Crippen LogP contribution in [0.25, 0.3) is 10.9 Å². The highest BCUT2D eigenvalue weighted by Gasteiger charge is 2.33. The molecule has 0 saturated carbocycles. The summed E-state index contributed by atoms with van der Waals surface area (Å²) in [5.74, 6) is 1.11. The summed E-state index contributed by atoms with van der Waals surface area (Å²) in [5.41, 5.74) is 2.37. The number of carbonyl (C=O) groups excluding carboxylic acids is 1. The van der Waals surface area contributed by atoms with Crippen molar-refractivity contribution < 1.29 is 9.53 Å². The summed E-state index contributed by atoms with van der Waals surface area (Å²) in [7, 11) is 0. The number of carbonyl (C=O) groups is 1. The lowest BCUT2D eigenvalue weighted by atomic mass is 10.1. The Bertz CT molecular complexity index is 744. The largest absolute Gasteiger partial charge is 0.465 e. The summed E-state index contributed by atoms with van der Waals surface area (Å²) >= 11 is 7.96. The first-order valence-corrected chi connectivity index (χ1v) is 9.74. The number of benzene rings is 1. The maximum atomic E-state index is 12.0. The van der Waals surface area contributed by atoms with Gasteiger partial charge in [-0.3, -0.25) is 10.1 Å². The van der Waals surface area contributed by atoms with Crippen molar-refractivity contribution >= 4 is 40.2 Å². The van der Waals surface area contributed by atoms with Crippen molar-refractivity contribution in [1.82, 2.24) is 9.88 Å². The van der Waals surface area contributed by atoms with E-state index in [1.165, 1.54) is 11.1 Å². The van der Waals surface area contributed by atoms with Gasteiger partial charge < -0.3 is 9.30 Å². The maximum absolute atomic E-state index is 12.0. The average Bonchev–Trinajstić information content (AvgIpc) is 3.12. The van der Waals surface area contributed by atoms with Gasteiger partial charge in [-0.15, -0.1) is 11.8 Å². The molecule has 3 rings (SSSR count). The minimum atomic E-state index is -0.248. The van der Waals surface area contributed by atoms with E-state index in [1.54, 1.807) is 11.8 Å². The Morgan fingerprint density at radius 2 is 2.29 bits per heavy atom. The quantitative estimate of drug-likeness (QED) is 0.804. The number of nitrogens with one attached hydrogen (secondary N) is 1. The lowest BCUT2D eigenvalue weighted by molar-refractivity contribution is -0.144. The number of rotatable bonds is 5. The van der Waals surface area contributed by atoms with Crippen molar-refractivity contribution in [2.45, 2.75) is 38.7 Å². The predicted molar refractivity (Wildman–Crippen MR) is 101 cm³/mol. The number of fused-ring (bicyclic) bond motifs is 1. The predicted octanol–water partition coefficient (Wildman–Crippen LogP) is 4.22. The van der Waals surface area contributed by atoms with E-state index in [4.69, 9.17) is 16.3 Å². The molecule has 2 unspecified atom stereocenters. The summed E-state index contributed by atoms with van der Waals surface area (Å²) < 4.78 is 7.42. The number of nitrogens with zero attached hydrogens (tertiary/aromatic N) is 1. The standard InChI is InChI=1S/C18H23ClN2O2S/c1-4-23-18(22)15-10-24-17(20-15)14-9-21(8-11(2)3)16-6-5-12(19)7-13(14)16/h5-7,9,11,15,17,20H,4,8,10H2,1-3H3. The van der Waals surface area contributed by atoms with E-state index in [-0.39, 0.29) is 17.4 Å². The van der Waals surface area contributed by atoms with Crippen molar-refractivity contribution in [2.75, 3.05) is 12.4 Å². The molecule has 130 valence electrons. The van der Waals surface area contributed by atoms with Gasteiger partial charge in [-0.1, -0.05) is 25.4 Å². The van der Waals surface area contributed by atoms with E-state index in [2.05, 4.69) is 36.0 Å². The summed E-state index contributed by atoms with van der Waals surface area (Å²) in [5, 5.41) is 5.36. The second kappa shape index (κ2) is 7.38. The van der Waals surface area contributed by atoms with Crippen LogP contribution in [0.5, 0.6) is 0 Å². The van der Waals surface area contributed by atoms with Gasteiger partial charge in [0.25, 0.3) is 0 Å². The first kappa shape index (κ1) is 17.6. The van der Waals surface area contributed by atoms with Crippen molar-refractivity contribution in [2.24, 2.45) is 5.92 Å². The molecule has 1 aromatic carbocycles. The molecule has 6 heteroatoms. The van der Waals surface area contributed by atoms with Gasteiger partial charge in [0, 0.05) is 40.0 Å².